The van der Waals surface area contributed by atoms with Gasteiger partial charge in [0, 0.05) is 31.6 Å². The van der Waals surface area contributed by atoms with Crippen LogP contribution in [0.5, 0.6) is 0 Å². The van der Waals surface area contributed by atoms with Crippen molar-refractivity contribution in [2.45, 2.75) is 24.9 Å². The van der Waals surface area contributed by atoms with Gasteiger partial charge in [-0.1, -0.05) is 36.4 Å². The third-order valence-electron chi connectivity index (χ3n) is 5.15. The zero-order valence-electron chi connectivity index (χ0n) is 16.4. The molecule has 0 amide bonds. The first kappa shape index (κ1) is 19.1. The molecule has 0 saturated heterocycles. The number of guanidine groups is 1. The maximum atomic E-state index is 14.0. The van der Waals surface area contributed by atoms with Gasteiger partial charge in [-0.15, -0.1) is 0 Å². The van der Waals surface area contributed by atoms with E-state index in [0.29, 0.717) is 18.9 Å². The first-order valence-corrected chi connectivity index (χ1v) is 9.54. The number of aromatic nitrogens is 2. The average Bonchev–Trinajstić information content (AvgIpc) is 3.31. The maximum Gasteiger partial charge on any atom is 0.194 e. The van der Waals surface area contributed by atoms with Crippen LogP contribution in [0.3, 0.4) is 0 Å². The number of H-pyrrole nitrogens is 1. The normalized spacial score (nSPS) is 18.6. The van der Waals surface area contributed by atoms with Crippen LogP contribution < -0.4 is 5.32 Å². The summed E-state index contributed by atoms with van der Waals surface area (Å²) in [7, 11) is 3.60. The molecule has 1 fully saturated rings. The van der Waals surface area contributed by atoms with Crippen LogP contribution in [0.1, 0.15) is 23.7 Å². The van der Waals surface area contributed by atoms with Gasteiger partial charge in [-0.3, -0.25) is 4.99 Å². The van der Waals surface area contributed by atoms with E-state index in [1.807, 2.05) is 48.5 Å². The lowest BCUT2D eigenvalue weighted by molar-refractivity contribution is 0.462. The van der Waals surface area contributed by atoms with Gasteiger partial charge in [0.1, 0.15) is 17.5 Å². The van der Waals surface area contributed by atoms with Gasteiger partial charge in [0.2, 0.25) is 0 Å². The van der Waals surface area contributed by atoms with E-state index in [1.54, 1.807) is 7.05 Å². The Balaban J connectivity index is 1.39. The molecule has 29 heavy (non-hydrogen) atoms. The molecule has 1 saturated carbocycles. The second-order valence-electron chi connectivity index (χ2n) is 7.24. The standard InChI is InChI=1S/C22H23F2N5/c1-25-22(28-18-11-15(18)21-16(23)9-6-10-17(21)24)29(2)13-20-26-12-19(27-20)14-7-4-3-5-8-14/h3-10,12,15,18H,11,13H2,1-2H3,(H,25,28)(H,26,27). The lowest BCUT2D eigenvalue weighted by atomic mass is 10.1. The van der Waals surface area contributed by atoms with E-state index >= 15 is 0 Å². The summed E-state index contributed by atoms with van der Waals surface area (Å²) in [5, 5.41) is 3.30. The third kappa shape index (κ3) is 4.13. The second-order valence-corrected chi connectivity index (χ2v) is 7.24. The zero-order chi connectivity index (χ0) is 20.4. The number of halogens is 2. The van der Waals surface area contributed by atoms with Crippen LogP contribution in [0.15, 0.2) is 59.7 Å². The maximum absolute atomic E-state index is 14.0. The summed E-state index contributed by atoms with van der Waals surface area (Å²) in [6, 6.07) is 13.9. The molecule has 1 aliphatic carbocycles. The van der Waals surface area contributed by atoms with Crippen molar-refractivity contribution in [3.05, 3.63) is 77.8 Å². The number of hydrogen-bond donors (Lipinski definition) is 2. The lowest BCUT2D eigenvalue weighted by Gasteiger charge is -2.21. The molecular formula is C22H23F2N5. The summed E-state index contributed by atoms with van der Waals surface area (Å²) >= 11 is 0. The van der Waals surface area contributed by atoms with Gasteiger partial charge < -0.3 is 15.2 Å². The van der Waals surface area contributed by atoms with E-state index < -0.39 is 11.6 Å². The molecule has 2 N–H and O–H groups in total. The number of rotatable bonds is 5. The largest absolute Gasteiger partial charge is 0.353 e. The number of imidazole rings is 1. The Bertz CT molecular complexity index is 995. The quantitative estimate of drug-likeness (QED) is 0.509. The first-order valence-electron chi connectivity index (χ1n) is 9.54. The first-order chi connectivity index (χ1) is 14.1. The predicted molar refractivity (Wildman–Crippen MR) is 109 cm³/mol. The van der Waals surface area contributed by atoms with Crippen LogP contribution >= 0.6 is 0 Å². The van der Waals surface area contributed by atoms with Crippen molar-refractivity contribution in [3.63, 3.8) is 0 Å². The molecule has 0 aliphatic heterocycles. The molecule has 7 heteroatoms. The van der Waals surface area contributed by atoms with E-state index in [9.17, 15) is 8.78 Å². The third-order valence-corrected chi connectivity index (χ3v) is 5.15. The second kappa shape index (κ2) is 8.03. The van der Waals surface area contributed by atoms with Crippen molar-refractivity contribution in [2.24, 2.45) is 4.99 Å². The van der Waals surface area contributed by atoms with Crippen LogP contribution in [0, 0.1) is 11.6 Å². The van der Waals surface area contributed by atoms with Crippen LogP contribution in [0.2, 0.25) is 0 Å². The number of nitrogens with one attached hydrogen (secondary N) is 2. The molecule has 1 aromatic heterocycles. The number of benzene rings is 2. The highest BCUT2D eigenvalue weighted by molar-refractivity contribution is 5.80. The molecule has 0 radical (unpaired) electrons. The fourth-order valence-electron chi connectivity index (χ4n) is 3.56. The van der Waals surface area contributed by atoms with Gasteiger partial charge in [0.05, 0.1) is 18.4 Å². The Hall–Kier alpha value is -3.22. The highest BCUT2D eigenvalue weighted by atomic mass is 19.1. The van der Waals surface area contributed by atoms with E-state index in [4.69, 9.17) is 0 Å². The van der Waals surface area contributed by atoms with Crippen molar-refractivity contribution >= 4 is 5.96 Å². The minimum Gasteiger partial charge on any atom is -0.353 e. The van der Waals surface area contributed by atoms with Crippen LogP contribution in [0.4, 0.5) is 8.78 Å². The highest BCUT2D eigenvalue weighted by Crippen LogP contribution is 2.43. The molecular weight excluding hydrogens is 372 g/mol. The van der Waals surface area contributed by atoms with Gasteiger partial charge in [0.25, 0.3) is 0 Å². The van der Waals surface area contributed by atoms with Gasteiger partial charge in [0.15, 0.2) is 5.96 Å². The summed E-state index contributed by atoms with van der Waals surface area (Å²) in [6.07, 6.45) is 2.48. The lowest BCUT2D eigenvalue weighted by Crippen LogP contribution is -2.40. The fourth-order valence-corrected chi connectivity index (χ4v) is 3.56. The molecule has 2 unspecified atom stereocenters. The van der Waals surface area contributed by atoms with Crippen LogP contribution in [-0.2, 0) is 6.54 Å². The van der Waals surface area contributed by atoms with Crippen molar-refractivity contribution in [3.8, 4) is 11.3 Å². The SMILES string of the molecule is CN=C(NC1CC1c1c(F)cccc1F)N(C)Cc1ncc(-c2ccccc2)[nH]1. The Morgan fingerprint density at radius 3 is 2.59 bits per heavy atom. The Kier molecular flexibility index (Phi) is 5.29. The molecule has 5 nitrogen and oxygen atoms in total. The van der Waals surface area contributed by atoms with Gasteiger partial charge in [-0.25, -0.2) is 13.8 Å². The summed E-state index contributed by atoms with van der Waals surface area (Å²) in [4.78, 5) is 14.0. The van der Waals surface area contributed by atoms with E-state index in [1.165, 1.54) is 18.2 Å². The minimum absolute atomic E-state index is 0.0426. The van der Waals surface area contributed by atoms with Crippen molar-refractivity contribution in [1.82, 2.24) is 20.2 Å². The summed E-state index contributed by atoms with van der Waals surface area (Å²) in [5.41, 5.74) is 2.18. The topological polar surface area (TPSA) is 56.3 Å². The number of nitrogens with zero attached hydrogens (tertiary/aromatic N) is 3. The van der Waals surface area contributed by atoms with E-state index in [0.717, 1.165) is 17.1 Å². The van der Waals surface area contributed by atoms with Crippen molar-refractivity contribution in [1.29, 1.82) is 0 Å². The smallest absolute Gasteiger partial charge is 0.194 e. The molecule has 1 heterocycles. The Morgan fingerprint density at radius 1 is 1.17 bits per heavy atom. The van der Waals surface area contributed by atoms with Gasteiger partial charge >= 0.3 is 0 Å². The molecule has 3 aromatic rings. The molecule has 4 rings (SSSR count). The fraction of sp³-hybridized carbons (Fsp3) is 0.273. The monoisotopic (exact) mass is 395 g/mol. The van der Waals surface area contributed by atoms with E-state index in [2.05, 4.69) is 20.3 Å². The number of aromatic amines is 1. The summed E-state index contributed by atoms with van der Waals surface area (Å²) in [6.45, 7) is 0.526. The minimum atomic E-state index is -0.494. The van der Waals surface area contributed by atoms with Gasteiger partial charge in [-0.05, 0) is 24.1 Å². The molecule has 2 aromatic carbocycles. The molecule has 0 bridgehead atoms. The zero-order valence-corrected chi connectivity index (χ0v) is 16.4. The Morgan fingerprint density at radius 2 is 1.90 bits per heavy atom. The Labute approximate surface area is 168 Å². The number of hydrogen-bond acceptors (Lipinski definition) is 2. The van der Waals surface area contributed by atoms with Crippen molar-refractivity contribution in [2.75, 3.05) is 14.1 Å². The van der Waals surface area contributed by atoms with Gasteiger partial charge in [-0.2, -0.15) is 0 Å². The number of aliphatic imine (C=N–C) groups is 1. The summed E-state index contributed by atoms with van der Waals surface area (Å²) in [5.74, 6) is 0.293. The summed E-state index contributed by atoms with van der Waals surface area (Å²) < 4.78 is 28.0. The predicted octanol–water partition coefficient (Wildman–Crippen LogP) is 3.92. The molecule has 0 spiro atoms. The van der Waals surface area contributed by atoms with Crippen molar-refractivity contribution < 1.29 is 8.78 Å². The van der Waals surface area contributed by atoms with E-state index in [-0.39, 0.29) is 17.5 Å². The van der Waals surface area contributed by atoms with Crippen LogP contribution in [0.25, 0.3) is 11.3 Å². The van der Waals surface area contributed by atoms with Crippen LogP contribution in [-0.4, -0.2) is 41.0 Å². The average molecular weight is 395 g/mol. The molecule has 150 valence electrons. The highest BCUT2D eigenvalue weighted by Gasteiger charge is 2.42. The molecule has 1 aliphatic rings. The molecule has 2 atom stereocenters.